The zero-order chi connectivity index (χ0) is 16.7. The number of nitrogens with one attached hydrogen (secondary N) is 1. The van der Waals surface area contributed by atoms with E-state index in [1.54, 1.807) is 12.1 Å². The van der Waals surface area contributed by atoms with E-state index in [-0.39, 0.29) is 18.9 Å². The van der Waals surface area contributed by atoms with Gasteiger partial charge in [-0.2, -0.15) is 0 Å². The van der Waals surface area contributed by atoms with Crippen LogP contribution in [0.4, 0.5) is 21.0 Å². The van der Waals surface area contributed by atoms with Gasteiger partial charge in [0.2, 0.25) is 5.91 Å². The first kappa shape index (κ1) is 14.9. The molecule has 2 heterocycles. The summed E-state index contributed by atoms with van der Waals surface area (Å²) in [5.74, 6) is -0.311. The molecule has 120 valence electrons. The van der Waals surface area contributed by atoms with Crippen LogP contribution in [0.3, 0.4) is 0 Å². The van der Waals surface area contributed by atoms with Gasteiger partial charge in [-0.15, -0.1) is 0 Å². The van der Waals surface area contributed by atoms with Crippen LogP contribution in [0.5, 0.6) is 0 Å². The number of urea groups is 1. The number of fused-ring (bicyclic) bond motifs is 1. The molecule has 1 aliphatic heterocycles. The van der Waals surface area contributed by atoms with E-state index in [0.29, 0.717) is 11.2 Å². The number of aromatic nitrogens is 1. The van der Waals surface area contributed by atoms with Gasteiger partial charge in [0, 0.05) is 50.0 Å². The van der Waals surface area contributed by atoms with Crippen LogP contribution in [0, 0.1) is 0 Å². The van der Waals surface area contributed by atoms with Gasteiger partial charge < -0.3 is 10.0 Å². The second kappa shape index (κ2) is 5.31. The van der Waals surface area contributed by atoms with Gasteiger partial charge in [0.25, 0.3) is 0 Å². The van der Waals surface area contributed by atoms with Crippen molar-refractivity contribution in [3.05, 3.63) is 24.4 Å². The molecule has 23 heavy (non-hydrogen) atoms. The number of imide groups is 1. The Bertz CT molecular complexity index is 824. The fraction of sp³-hybridized carbons (Fsp3) is 0.267. The van der Waals surface area contributed by atoms with Crippen LogP contribution in [0.2, 0.25) is 0 Å². The SMILES string of the molecule is CN(C)c1cc(N2CCC(=O)NC2=O)cc2c1ccn2C(=O)O. The van der Waals surface area contributed by atoms with E-state index in [0.717, 1.165) is 15.6 Å². The van der Waals surface area contributed by atoms with Crippen LogP contribution in [0.1, 0.15) is 6.42 Å². The van der Waals surface area contributed by atoms with Crippen molar-refractivity contribution >= 4 is 40.3 Å². The maximum absolute atomic E-state index is 12.0. The standard InChI is InChI=1S/C15H16N4O4/c1-17(2)11-7-9(18-6-4-13(20)16-14(18)21)8-12-10(11)3-5-19(12)15(22)23/h3,5,7-8H,4,6H2,1-2H3,(H,22,23)(H,16,20,21). The molecule has 0 bridgehead atoms. The van der Waals surface area contributed by atoms with E-state index >= 15 is 0 Å². The highest BCUT2D eigenvalue weighted by molar-refractivity contribution is 6.08. The van der Waals surface area contributed by atoms with Crippen LogP contribution in [-0.4, -0.2) is 48.3 Å². The first-order valence-corrected chi connectivity index (χ1v) is 7.05. The number of hydrogen-bond donors (Lipinski definition) is 2. The van der Waals surface area contributed by atoms with Crippen LogP contribution < -0.4 is 15.1 Å². The second-order valence-electron chi connectivity index (χ2n) is 5.52. The summed E-state index contributed by atoms with van der Waals surface area (Å²) >= 11 is 0. The molecule has 1 fully saturated rings. The van der Waals surface area contributed by atoms with Crippen LogP contribution in [-0.2, 0) is 4.79 Å². The molecule has 1 aromatic heterocycles. The van der Waals surface area contributed by atoms with Crippen molar-refractivity contribution in [2.24, 2.45) is 0 Å². The van der Waals surface area contributed by atoms with E-state index in [2.05, 4.69) is 5.32 Å². The largest absolute Gasteiger partial charge is 0.464 e. The van der Waals surface area contributed by atoms with Crippen molar-refractivity contribution in [1.29, 1.82) is 0 Å². The van der Waals surface area contributed by atoms with Gasteiger partial charge in [-0.3, -0.25) is 19.6 Å². The molecule has 0 unspecified atom stereocenters. The average molecular weight is 316 g/mol. The number of carbonyl (C=O) groups is 3. The molecule has 1 aliphatic rings. The normalized spacial score (nSPS) is 15.0. The molecular weight excluding hydrogens is 300 g/mol. The lowest BCUT2D eigenvalue weighted by Crippen LogP contribution is -2.49. The predicted octanol–water partition coefficient (Wildman–Crippen LogP) is 1.68. The van der Waals surface area contributed by atoms with E-state index in [1.165, 1.54) is 11.1 Å². The van der Waals surface area contributed by atoms with Gasteiger partial charge in [0.15, 0.2) is 0 Å². The Morgan fingerprint density at radius 2 is 2.04 bits per heavy atom. The van der Waals surface area contributed by atoms with Crippen molar-refractivity contribution in [1.82, 2.24) is 9.88 Å². The third-order valence-corrected chi connectivity index (χ3v) is 3.82. The first-order valence-electron chi connectivity index (χ1n) is 7.05. The fourth-order valence-corrected chi connectivity index (χ4v) is 2.71. The van der Waals surface area contributed by atoms with Crippen molar-refractivity contribution in [2.75, 3.05) is 30.4 Å². The summed E-state index contributed by atoms with van der Waals surface area (Å²) in [5.41, 5.74) is 1.83. The number of hydrogen-bond acceptors (Lipinski definition) is 4. The molecule has 0 atom stereocenters. The van der Waals surface area contributed by atoms with Crippen LogP contribution in [0.25, 0.3) is 10.9 Å². The number of rotatable bonds is 2. The average Bonchev–Trinajstić information content (AvgIpc) is 2.89. The smallest absolute Gasteiger partial charge is 0.416 e. The number of carboxylic acid groups (broad SMARTS) is 1. The predicted molar refractivity (Wildman–Crippen MR) is 85.2 cm³/mol. The molecule has 8 heteroatoms. The molecule has 3 rings (SSSR count). The quantitative estimate of drug-likeness (QED) is 0.879. The van der Waals surface area contributed by atoms with Crippen molar-refractivity contribution in [2.45, 2.75) is 6.42 Å². The zero-order valence-electron chi connectivity index (χ0n) is 12.7. The lowest BCUT2D eigenvalue weighted by atomic mass is 10.1. The van der Waals surface area contributed by atoms with Crippen molar-refractivity contribution in [3.63, 3.8) is 0 Å². The van der Waals surface area contributed by atoms with Crippen molar-refractivity contribution < 1.29 is 19.5 Å². The maximum atomic E-state index is 12.0. The number of anilines is 2. The Kier molecular flexibility index (Phi) is 3.44. The molecular formula is C15H16N4O4. The lowest BCUT2D eigenvalue weighted by molar-refractivity contribution is -0.120. The molecule has 0 radical (unpaired) electrons. The van der Waals surface area contributed by atoms with Gasteiger partial charge in [0.1, 0.15) is 0 Å². The second-order valence-corrected chi connectivity index (χ2v) is 5.52. The van der Waals surface area contributed by atoms with Gasteiger partial charge in [-0.05, 0) is 18.2 Å². The van der Waals surface area contributed by atoms with Crippen LogP contribution >= 0.6 is 0 Å². The summed E-state index contributed by atoms with van der Waals surface area (Å²) in [6.45, 7) is 0.261. The molecule has 1 saturated heterocycles. The zero-order valence-corrected chi connectivity index (χ0v) is 12.7. The van der Waals surface area contributed by atoms with E-state index in [9.17, 15) is 19.5 Å². The summed E-state index contributed by atoms with van der Waals surface area (Å²) in [4.78, 5) is 38.0. The minimum atomic E-state index is -1.10. The highest BCUT2D eigenvalue weighted by Crippen LogP contribution is 2.33. The highest BCUT2D eigenvalue weighted by atomic mass is 16.4. The Labute approximate surface area is 131 Å². The van der Waals surface area contributed by atoms with E-state index < -0.39 is 12.1 Å². The molecule has 3 amide bonds. The fourth-order valence-electron chi connectivity index (χ4n) is 2.71. The Morgan fingerprint density at radius 1 is 1.30 bits per heavy atom. The Morgan fingerprint density at radius 3 is 2.65 bits per heavy atom. The third-order valence-electron chi connectivity index (χ3n) is 3.82. The number of nitrogens with zero attached hydrogens (tertiary/aromatic N) is 3. The maximum Gasteiger partial charge on any atom is 0.416 e. The Hall–Kier alpha value is -3.03. The summed E-state index contributed by atoms with van der Waals surface area (Å²) in [7, 11) is 3.69. The number of carbonyl (C=O) groups excluding carboxylic acids is 2. The monoisotopic (exact) mass is 316 g/mol. The first-order chi connectivity index (χ1) is 10.9. The minimum absolute atomic E-state index is 0.209. The Balaban J connectivity index is 2.17. The molecule has 2 N–H and O–H groups in total. The molecule has 0 spiro atoms. The summed E-state index contributed by atoms with van der Waals surface area (Å²) in [6, 6.07) is 4.68. The van der Waals surface area contributed by atoms with Crippen LogP contribution in [0.15, 0.2) is 24.4 Å². The summed E-state index contributed by atoms with van der Waals surface area (Å²) < 4.78 is 1.11. The van der Waals surface area contributed by atoms with E-state index in [4.69, 9.17) is 0 Å². The van der Waals surface area contributed by atoms with Gasteiger partial charge >= 0.3 is 12.1 Å². The summed E-state index contributed by atoms with van der Waals surface area (Å²) in [5, 5.41) is 12.3. The molecule has 0 aliphatic carbocycles. The van der Waals surface area contributed by atoms with Gasteiger partial charge in [-0.25, -0.2) is 9.59 Å². The molecule has 2 aromatic rings. The lowest BCUT2D eigenvalue weighted by Gasteiger charge is -2.28. The minimum Gasteiger partial charge on any atom is -0.464 e. The van der Waals surface area contributed by atoms with Gasteiger partial charge in [-0.1, -0.05) is 0 Å². The molecule has 8 nitrogen and oxygen atoms in total. The van der Waals surface area contributed by atoms with E-state index in [1.807, 2.05) is 25.1 Å². The number of amides is 3. The van der Waals surface area contributed by atoms with Crippen molar-refractivity contribution in [3.8, 4) is 0 Å². The highest BCUT2D eigenvalue weighted by Gasteiger charge is 2.25. The molecule has 1 aromatic carbocycles. The third kappa shape index (κ3) is 2.48. The molecule has 0 saturated carbocycles. The topological polar surface area (TPSA) is 94.9 Å². The summed E-state index contributed by atoms with van der Waals surface area (Å²) in [6.07, 6.45) is 0.588. The van der Waals surface area contributed by atoms with Gasteiger partial charge in [0.05, 0.1) is 5.52 Å². The number of benzene rings is 1.